The minimum absolute atomic E-state index is 0.191. The number of nitrogens with two attached hydrogens (primary N) is 1. The van der Waals surface area contributed by atoms with Crippen molar-refractivity contribution in [3.63, 3.8) is 0 Å². The molecule has 8 heteroatoms. The van der Waals surface area contributed by atoms with E-state index in [1.54, 1.807) is 23.3 Å². The summed E-state index contributed by atoms with van der Waals surface area (Å²) >= 11 is 0. The summed E-state index contributed by atoms with van der Waals surface area (Å²) in [7, 11) is 1.82. The first-order chi connectivity index (χ1) is 14.9. The van der Waals surface area contributed by atoms with Crippen molar-refractivity contribution in [3.05, 3.63) is 72.0 Å². The topological polar surface area (TPSA) is 116 Å². The molecule has 2 aromatic rings. The molecule has 0 aromatic heterocycles. The molecule has 0 aliphatic carbocycles. The van der Waals surface area contributed by atoms with Gasteiger partial charge in [-0.15, -0.1) is 0 Å². The number of carbonyl (C=O) groups is 3. The van der Waals surface area contributed by atoms with Crippen LogP contribution in [0.2, 0.25) is 0 Å². The molecule has 4 N–H and O–H groups in total. The summed E-state index contributed by atoms with van der Waals surface area (Å²) in [5.41, 5.74) is 7.64. The summed E-state index contributed by atoms with van der Waals surface area (Å²) < 4.78 is 0. The molecule has 160 valence electrons. The van der Waals surface area contributed by atoms with Crippen molar-refractivity contribution >= 4 is 28.7 Å². The van der Waals surface area contributed by atoms with Crippen molar-refractivity contribution in [1.82, 2.24) is 15.1 Å². The average Bonchev–Trinajstić information content (AvgIpc) is 2.75. The van der Waals surface area contributed by atoms with Crippen LogP contribution in [0.4, 0.5) is 4.79 Å². The molecule has 2 aliphatic heterocycles. The van der Waals surface area contributed by atoms with E-state index in [2.05, 4.69) is 5.32 Å². The Morgan fingerprint density at radius 2 is 1.90 bits per heavy atom. The van der Waals surface area contributed by atoms with Gasteiger partial charge in [0.15, 0.2) is 6.04 Å². The fourth-order valence-corrected chi connectivity index (χ4v) is 4.05. The first-order valence-electron chi connectivity index (χ1n) is 10.0. The zero-order valence-electron chi connectivity index (χ0n) is 17.1. The Labute approximate surface area is 179 Å². The fraction of sp³-hybridized carbons (Fsp3) is 0.261. The summed E-state index contributed by atoms with van der Waals surface area (Å²) in [5, 5.41) is 14.4. The van der Waals surface area contributed by atoms with Gasteiger partial charge in [0.05, 0.1) is 12.1 Å². The maximum absolute atomic E-state index is 12.7. The number of aliphatic carboxylic acids is 1. The van der Waals surface area contributed by atoms with Crippen LogP contribution in [0.15, 0.2) is 66.4 Å². The van der Waals surface area contributed by atoms with Crippen LogP contribution >= 0.6 is 0 Å². The molecule has 4 rings (SSSR count). The third-order valence-corrected chi connectivity index (χ3v) is 5.83. The third kappa shape index (κ3) is 3.89. The van der Waals surface area contributed by atoms with Gasteiger partial charge in [-0.1, -0.05) is 42.5 Å². The van der Waals surface area contributed by atoms with Crippen molar-refractivity contribution in [3.8, 4) is 0 Å². The zero-order chi connectivity index (χ0) is 22.1. The monoisotopic (exact) mass is 420 g/mol. The summed E-state index contributed by atoms with van der Waals surface area (Å²) in [6, 6.07) is 11.6. The van der Waals surface area contributed by atoms with E-state index in [9.17, 15) is 19.5 Å². The van der Waals surface area contributed by atoms with E-state index in [1.165, 1.54) is 0 Å². The van der Waals surface area contributed by atoms with Crippen LogP contribution in [0.1, 0.15) is 12.0 Å². The fourth-order valence-electron chi connectivity index (χ4n) is 4.05. The third-order valence-electron chi connectivity index (χ3n) is 5.83. The number of urea groups is 1. The lowest BCUT2D eigenvalue weighted by molar-refractivity contribution is -0.165. The number of nitrogens with one attached hydrogen (secondary N) is 1. The van der Waals surface area contributed by atoms with Crippen LogP contribution in [0, 0.1) is 5.92 Å². The summed E-state index contributed by atoms with van der Waals surface area (Å²) in [6.45, 7) is 0.191. The number of β-lactam (4-membered cyclic amide) rings is 1. The molecule has 2 heterocycles. The standard InChI is InChI=1S/C23H24N4O4/c1-26-10-9-14(12-19(26)24)11-18-20(22(29)30)27(21(18)28)23(31)25-13-16-7-4-6-15-5-2-3-8-17(15)16/h2-10,12,18-20H,11,13,24H2,1H3,(H,25,31)(H,29,30)/t18-,19?,20+/m1/s1. The van der Waals surface area contributed by atoms with E-state index in [4.69, 9.17) is 5.73 Å². The quantitative estimate of drug-likeness (QED) is 0.638. The van der Waals surface area contributed by atoms with Gasteiger partial charge < -0.3 is 21.1 Å². The van der Waals surface area contributed by atoms with Crippen molar-refractivity contribution in [1.29, 1.82) is 0 Å². The van der Waals surface area contributed by atoms with Crippen LogP contribution in [0.3, 0.4) is 0 Å². The lowest BCUT2D eigenvalue weighted by Crippen LogP contribution is -2.68. The van der Waals surface area contributed by atoms with Crippen LogP contribution in [0.5, 0.6) is 0 Å². The normalized spacial score (nSPS) is 22.8. The summed E-state index contributed by atoms with van der Waals surface area (Å²) in [4.78, 5) is 39.8. The molecule has 1 fully saturated rings. The van der Waals surface area contributed by atoms with Gasteiger partial charge >= 0.3 is 12.0 Å². The first-order valence-corrected chi connectivity index (χ1v) is 10.0. The van der Waals surface area contributed by atoms with Crippen molar-refractivity contribution in [2.24, 2.45) is 11.7 Å². The second-order valence-electron chi connectivity index (χ2n) is 7.81. The Morgan fingerprint density at radius 3 is 2.65 bits per heavy atom. The number of nitrogens with zero attached hydrogens (tertiary/aromatic N) is 2. The molecule has 0 saturated carbocycles. The number of hydrogen-bond donors (Lipinski definition) is 3. The number of carboxylic acids is 1. The highest BCUT2D eigenvalue weighted by atomic mass is 16.4. The second-order valence-corrected chi connectivity index (χ2v) is 7.81. The lowest BCUT2D eigenvalue weighted by Gasteiger charge is -2.43. The number of likely N-dealkylation sites (tertiary alicyclic amines) is 1. The van der Waals surface area contributed by atoms with E-state index < -0.39 is 29.9 Å². The van der Waals surface area contributed by atoms with Gasteiger partial charge in [0.25, 0.3) is 0 Å². The van der Waals surface area contributed by atoms with Crippen molar-refractivity contribution in [2.75, 3.05) is 7.05 Å². The molecular weight excluding hydrogens is 396 g/mol. The first kappa shape index (κ1) is 20.6. The Kier molecular flexibility index (Phi) is 5.48. The Bertz CT molecular complexity index is 1100. The van der Waals surface area contributed by atoms with E-state index in [-0.39, 0.29) is 19.1 Å². The molecule has 3 atom stereocenters. The van der Waals surface area contributed by atoms with Gasteiger partial charge in [-0.25, -0.2) is 14.5 Å². The van der Waals surface area contributed by atoms with Crippen LogP contribution in [-0.2, 0) is 16.1 Å². The lowest BCUT2D eigenvalue weighted by atomic mass is 9.82. The number of rotatable bonds is 5. The molecule has 0 radical (unpaired) electrons. The number of hydrogen-bond acceptors (Lipinski definition) is 5. The molecule has 3 amide bonds. The van der Waals surface area contributed by atoms with Gasteiger partial charge in [0.1, 0.15) is 0 Å². The highest BCUT2D eigenvalue weighted by molar-refractivity contribution is 6.07. The molecule has 8 nitrogen and oxygen atoms in total. The SMILES string of the molecule is CN1C=CC(C[C@H]2C(=O)N(C(=O)NCc3cccc4ccccc34)[C@@H]2C(=O)O)=CC1N. The summed E-state index contributed by atoms with van der Waals surface area (Å²) in [6.07, 6.45) is 5.27. The number of amides is 3. The maximum atomic E-state index is 12.7. The number of fused-ring (bicyclic) bond motifs is 1. The van der Waals surface area contributed by atoms with Crippen LogP contribution < -0.4 is 11.1 Å². The molecule has 2 aromatic carbocycles. The number of imide groups is 1. The van der Waals surface area contributed by atoms with Crippen molar-refractivity contribution in [2.45, 2.75) is 25.2 Å². The molecule has 0 spiro atoms. The molecule has 1 unspecified atom stereocenters. The number of carbonyl (C=O) groups excluding carboxylic acids is 2. The minimum Gasteiger partial charge on any atom is -0.480 e. The van der Waals surface area contributed by atoms with E-state index in [0.717, 1.165) is 26.8 Å². The van der Waals surface area contributed by atoms with E-state index in [0.29, 0.717) is 0 Å². The molecular formula is C23H24N4O4. The van der Waals surface area contributed by atoms with Gasteiger partial charge in [-0.05, 0) is 40.5 Å². The minimum atomic E-state index is -1.20. The summed E-state index contributed by atoms with van der Waals surface area (Å²) in [5.74, 6) is -2.50. The highest BCUT2D eigenvalue weighted by Gasteiger charge is 2.54. The van der Waals surface area contributed by atoms with Gasteiger partial charge in [0, 0.05) is 19.8 Å². The number of likely N-dealkylation sites (N-methyl/N-ethyl adjacent to an activating group) is 1. The predicted octanol–water partition coefficient (Wildman–Crippen LogP) is 2.02. The number of allylic oxidation sites excluding steroid dienone is 2. The predicted molar refractivity (Wildman–Crippen MR) is 116 cm³/mol. The number of carboxylic acid groups (broad SMARTS) is 1. The Morgan fingerprint density at radius 1 is 1.16 bits per heavy atom. The largest absolute Gasteiger partial charge is 0.480 e. The molecule has 2 aliphatic rings. The van der Waals surface area contributed by atoms with Gasteiger partial charge in [0.2, 0.25) is 5.91 Å². The Hall–Kier alpha value is -3.65. The second kappa shape index (κ2) is 8.23. The number of benzene rings is 2. The molecule has 31 heavy (non-hydrogen) atoms. The smallest absolute Gasteiger partial charge is 0.327 e. The zero-order valence-corrected chi connectivity index (χ0v) is 17.1. The van der Waals surface area contributed by atoms with Crippen LogP contribution in [-0.4, -0.2) is 52.1 Å². The molecule has 0 bridgehead atoms. The maximum Gasteiger partial charge on any atom is 0.327 e. The van der Waals surface area contributed by atoms with Gasteiger partial charge in [-0.3, -0.25) is 4.79 Å². The molecule has 1 saturated heterocycles. The van der Waals surface area contributed by atoms with Gasteiger partial charge in [-0.2, -0.15) is 0 Å². The van der Waals surface area contributed by atoms with Crippen LogP contribution in [0.25, 0.3) is 10.8 Å². The van der Waals surface area contributed by atoms with Crippen molar-refractivity contribution < 1.29 is 19.5 Å². The average molecular weight is 420 g/mol. The van der Waals surface area contributed by atoms with E-state index in [1.807, 2.05) is 49.5 Å². The Balaban J connectivity index is 1.44. The highest BCUT2D eigenvalue weighted by Crippen LogP contribution is 2.33. The van der Waals surface area contributed by atoms with E-state index >= 15 is 0 Å².